The standard InChI is InChI=1S/C17H26F3N3O2/c1-21-16(22-10-6-5-9-17(18,19)20)23(2)12-13-7-8-14(24-3)11-15(13)25-4/h7-8,11H,5-6,9-10,12H2,1-4H3,(H,21,22). The Morgan fingerprint density at radius 2 is 1.92 bits per heavy atom. The smallest absolute Gasteiger partial charge is 0.389 e. The average molecular weight is 361 g/mol. The number of alkyl halides is 3. The van der Waals surface area contributed by atoms with Gasteiger partial charge in [-0.2, -0.15) is 13.2 Å². The van der Waals surface area contributed by atoms with Gasteiger partial charge in [-0.15, -0.1) is 0 Å². The normalized spacial score (nSPS) is 12.0. The van der Waals surface area contributed by atoms with Crippen LogP contribution in [0.5, 0.6) is 11.5 Å². The third-order valence-corrected chi connectivity index (χ3v) is 3.65. The Balaban J connectivity index is 2.55. The van der Waals surface area contributed by atoms with E-state index in [1.807, 2.05) is 24.1 Å². The van der Waals surface area contributed by atoms with Gasteiger partial charge in [-0.3, -0.25) is 4.99 Å². The Kier molecular flexibility index (Phi) is 8.37. The zero-order valence-corrected chi connectivity index (χ0v) is 15.1. The fourth-order valence-electron chi connectivity index (χ4n) is 2.35. The topological polar surface area (TPSA) is 46.1 Å². The number of rotatable bonds is 8. The molecule has 0 aliphatic rings. The highest BCUT2D eigenvalue weighted by Crippen LogP contribution is 2.25. The second-order valence-electron chi connectivity index (χ2n) is 5.58. The molecule has 1 N–H and O–H groups in total. The number of nitrogens with zero attached hydrogens (tertiary/aromatic N) is 2. The fraction of sp³-hybridized carbons (Fsp3) is 0.588. The van der Waals surface area contributed by atoms with Gasteiger partial charge in [0.2, 0.25) is 0 Å². The van der Waals surface area contributed by atoms with E-state index in [9.17, 15) is 13.2 Å². The number of nitrogens with one attached hydrogen (secondary N) is 1. The Labute approximate surface area is 146 Å². The van der Waals surface area contributed by atoms with E-state index in [0.717, 1.165) is 5.56 Å². The first-order valence-electron chi connectivity index (χ1n) is 8.00. The van der Waals surface area contributed by atoms with Crippen LogP contribution in [0.3, 0.4) is 0 Å². The molecule has 0 atom stereocenters. The average Bonchev–Trinajstić information content (AvgIpc) is 2.57. The lowest BCUT2D eigenvalue weighted by molar-refractivity contribution is -0.135. The summed E-state index contributed by atoms with van der Waals surface area (Å²) in [4.78, 5) is 6.05. The summed E-state index contributed by atoms with van der Waals surface area (Å²) in [5.41, 5.74) is 0.950. The van der Waals surface area contributed by atoms with E-state index >= 15 is 0 Å². The lowest BCUT2D eigenvalue weighted by Crippen LogP contribution is -2.39. The van der Waals surface area contributed by atoms with Crippen molar-refractivity contribution in [3.8, 4) is 11.5 Å². The molecule has 0 aromatic heterocycles. The van der Waals surface area contributed by atoms with Gasteiger partial charge in [0.15, 0.2) is 5.96 Å². The first-order chi connectivity index (χ1) is 11.8. The number of hydrogen-bond donors (Lipinski definition) is 1. The molecule has 0 heterocycles. The summed E-state index contributed by atoms with van der Waals surface area (Å²) in [7, 11) is 6.67. The minimum atomic E-state index is -4.09. The van der Waals surface area contributed by atoms with E-state index in [1.165, 1.54) is 0 Å². The number of hydrogen-bond acceptors (Lipinski definition) is 3. The Hall–Kier alpha value is -2.12. The van der Waals surface area contributed by atoms with E-state index in [1.54, 1.807) is 27.3 Å². The maximum Gasteiger partial charge on any atom is 0.389 e. The third-order valence-electron chi connectivity index (χ3n) is 3.65. The molecule has 1 aromatic rings. The number of methoxy groups -OCH3 is 2. The molecule has 0 saturated heterocycles. The summed E-state index contributed by atoms with van der Waals surface area (Å²) in [6.07, 6.45) is -4.32. The Morgan fingerprint density at radius 1 is 1.20 bits per heavy atom. The zero-order valence-electron chi connectivity index (χ0n) is 15.1. The highest BCUT2D eigenvalue weighted by atomic mass is 19.4. The molecule has 0 aliphatic carbocycles. The van der Waals surface area contributed by atoms with Crippen molar-refractivity contribution in [1.82, 2.24) is 10.2 Å². The van der Waals surface area contributed by atoms with Crippen LogP contribution in [0.15, 0.2) is 23.2 Å². The summed E-state index contributed by atoms with van der Waals surface area (Å²) >= 11 is 0. The predicted molar refractivity (Wildman–Crippen MR) is 92.3 cm³/mol. The quantitative estimate of drug-likeness (QED) is 0.438. The van der Waals surface area contributed by atoms with Crippen LogP contribution in [0, 0.1) is 0 Å². The number of benzene rings is 1. The minimum Gasteiger partial charge on any atom is -0.497 e. The fourth-order valence-corrected chi connectivity index (χ4v) is 2.35. The summed E-state index contributed by atoms with van der Waals surface area (Å²) in [6, 6.07) is 5.56. The largest absolute Gasteiger partial charge is 0.497 e. The van der Waals surface area contributed by atoms with Crippen molar-refractivity contribution in [2.45, 2.75) is 32.0 Å². The van der Waals surface area contributed by atoms with Crippen molar-refractivity contribution in [1.29, 1.82) is 0 Å². The van der Waals surface area contributed by atoms with Crippen LogP contribution in [0.1, 0.15) is 24.8 Å². The maximum absolute atomic E-state index is 12.1. The SMILES string of the molecule is CN=C(NCCCCC(F)(F)F)N(C)Cc1ccc(OC)cc1OC. The molecule has 0 radical (unpaired) electrons. The second-order valence-corrected chi connectivity index (χ2v) is 5.58. The molecule has 25 heavy (non-hydrogen) atoms. The molecule has 0 aliphatic heterocycles. The van der Waals surface area contributed by atoms with Gasteiger partial charge in [0.1, 0.15) is 11.5 Å². The molecular weight excluding hydrogens is 335 g/mol. The molecule has 0 spiro atoms. The number of ether oxygens (including phenoxy) is 2. The van der Waals surface area contributed by atoms with Gasteiger partial charge >= 0.3 is 6.18 Å². The predicted octanol–water partition coefficient (Wildman–Crippen LogP) is 3.44. The maximum atomic E-state index is 12.1. The molecule has 0 saturated carbocycles. The van der Waals surface area contributed by atoms with Gasteiger partial charge in [0, 0.05) is 45.2 Å². The van der Waals surface area contributed by atoms with Crippen LogP contribution in [-0.4, -0.2) is 51.9 Å². The lowest BCUT2D eigenvalue weighted by atomic mass is 10.2. The van der Waals surface area contributed by atoms with E-state index < -0.39 is 12.6 Å². The monoisotopic (exact) mass is 361 g/mol. The summed E-state index contributed by atoms with van der Waals surface area (Å²) < 4.78 is 46.9. The zero-order chi connectivity index (χ0) is 18.9. The lowest BCUT2D eigenvalue weighted by Gasteiger charge is -2.23. The van der Waals surface area contributed by atoms with Gasteiger partial charge in [-0.25, -0.2) is 0 Å². The van der Waals surface area contributed by atoms with Crippen molar-refractivity contribution in [3.63, 3.8) is 0 Å². The minimum absolute atomic E-state index is 0.101. The highest BCUT2D eigenvalue weighted by molar-refractivity contribution is 5.79. The molecule has 1 rings (SSSR count). The summed E-state index contributed by atoms with van der Waals surface area (Å²) in [6.45, 7) is 0.974. The highest BCUT2D eigenvalue weighted by Gasteiger charge is 2.25. The Morgan fingerprint density at radius 3 is 2.48 bits per heavy atom. The van der Waals surface area contributed by atoms with Crippen LogP contribution in [0.2, 0.25) is 0 Å². The van der Waals surface area contributed by atoms with E-state index in [-0.39, 0.29) is 6.42 Å². The molecule has 8 heteroatoms. The molecule has 0 fully saturated rings. The first-order valence-corrected chi connectivity index (χ1v) is 8.00. The number of aliphatic imine (C=N–C) groups is 1. The van der Waals surface area contributed by atoms with Crippen molar-refractivity contribution in [2.75, 3.05) is 34.9 Å². The number of unbranched alkanes of at least 4 members (excludes halogenated alkanes) is 1. The van der Waals surface area contributed by atoms with Crippen LogP contribution in [-0.2, 0) is 6.54 Å². The van der Waals surface area contributed by atoms with Crippen LogP contribution in [0.4, 0.5) is 13.2 Å². The van der Waals surface area contributed by atoms with E-state index in [0.29, 0.717) is 37.0 Å². The first kappa shape index (κ1) is 20.9. The van der Waals surface area contributed by atoms with Crippen molar-refractivity contribution in [2.24, 2.45) is 4.99 Å². The molecule has 0 unspecified atom stereocenters. The number of halogens is 3. The van der Waals surface area contributed by atoms with Crippen molar-refractivity contribution in [3.05, 3.63) is 23.8 Å². The molecule has 0 bridgehead atoms. The van der Waals surface area contributed by atoms with Crippen molar-refractivity contribution >= 4 is 5.96 Å². The van der Waals surface area contributed by atoms with Gasteiger partial charge in [0.05, 0.1) is 14.2 Å². The number of guanidine groups is 1. The molecule has 1 aromatic carbocycles. The Bertz CT molecular complexity index is 563. The summed E-state index contributed by atoms with van der Waals surface area (Å²) in [5.74, 6) is 2.02. The molecule has 0 amide bonds. The van der Waals surface area contributed by atoms with Gasteiger partial charge in [-0.1, -0.05) is 0 Å². The second kappa shape index (κ2) is 10.0. The van der Waals surface area contributed by atoms with Gasteiger partial charge in [-0.05, 0) is 25.0 Å². The van der Waals surface area contributed by atoms with Crippen molar-refractivity contribution < 1.29 is 22.6 Å². The van der Waals surface area contributed by atoms with E-state index in [2.05, 4.69) is 10.3 Å². The third kappa shape index (κ3) is 7.53. The molecule has 5 nitrogen and oxygen atoms in total. The van der Waals surface area contributed by atoms with Gasteiger partial charge < -0.3 is 19.7 Å². The molecular formula is C17H26F3N3O2. The van der Waals surface area contributed by atoms with E-state index in [4.69, 9.17) is 9.47 Å². The van der Waals surface area contributed by atoms with Crippen LogP contribution in [0.25, 0.3) is 0 Å². The van der Waals surface area contributed by atoms with Gasteiger partial charge in [0.25, 0.3) is 0 Å². The summed E-state index contributed by atoms with van der Waals surface area (Å²) in [5, 5.41) is 3.08. The van der Waals surface area contributed by atoms with Crippen LogP contribution < -0.4 is 14.8 Å². The molecule has 142 valence electrons. The van der Waals surface area contributed by atoms with Crippen LogP contribution >= 0.6 is 0 Å².